The molecule has 134 valence electrons. The normalized spacial score (nSPS) is 19.4. The Morgan fingerprint density at radius 3 is 2.92 bits per heavy atom. The molecule has 2 aromatic rings. The van der Waals surface area contributed by atoms with E-state index in [1.807, 2.05) is 25.1 Å². The van der Waals surface area contributed by atoms with Crippen molar-refractivity contribution in [3.63, 3.8) is 0 Å². The molecule has 0 unspecified atom stereocenters. The van der Waals surface area contributed by atoms with Crippen molar-refractivity contribution in [2.75, 3.05) is 18.1 Å². The van der Waals surface area contributed by atoms with E-state index in [4.69, 9.17) is 16.0 Å². The second kappa shape index (κ2) is 7.32. The Bertz CT molecular complexity index is 876. The summed E-state index contributed by atoms with van der Waals surface area (Å²) >= 11 is 6.03. The zero-order valence-corrected chi connectivity index (χ0v) is 15.7. The van der Waals surface area contributed by atoms with Crippen molar-refractivity contribution >= 4 is 21.4 Å². The lowest BCUT2D eigenvalue weighted by atomic mass is 10.2. The van der Waals surface area contributed by atoms with E-state index in [1.165, 1.54) is 0 Å². The molecule has 3 rings (SSSR count). The number of sulfone groups is 1. The zero-order valence-electron chi connectivity index (χ0n) is 14.1. The number of hydrogen-bond donors (Lipinski definition) is 0. The van der Waals surface area contributed by atoms with Gasteiger partial charge < -0.3 is 4.42 Å². The van der Waals surface area contributed by atoms with E-state index >= 15 is 0 Å². The minimum Gasteiger partial charge on any atom is -0.441 e. The molecular weight excluding hydrogens is 360 g/mol. The number of hydrogen-bond acceptors (Lipinski definition) is 5. The quantitative estimate of drug-likeness (QED) is 0.718. The maximum Gasteiger partial charge on any atom is 0.226 e. The van der Waals surface area contributed by atoms with Gasteiger partial charge in [-0.3, -0.25) is 4.90 Å². The monoisotopic (exact) mass is 380 g/mol. The Morgan fingerprint density at radius 2 is 2.28 bits per heavy atom. The molecule has 7 heteroatoms. The van der Waals surface area contributed by atoms with Crippen molar-refractivity contribution in [2.24, 2.45) is 0 Å². The maximum atomic E-state index is 11.8. The van der Waals surface area contributed by atoms with Crippen LogP contribution in [0.5, 0.6) is 0 Å². The van der Waals surface area contributed by atoms with Crippen LogP contribution in [0.4, 0.5) is 0 Å². The van der Waals surface area contributed by atoms with Crippen LogP contribution in [-0.4, -0.2) is 42.4 Å². The van der Waals surface area contributed by atoms with E-state index in [0.29, 0.717) is 30.4 Å². The van der Waals surface area contributed by atoms with Crippen LogP contribution in [0.3, 0.4) is 0 Å². The van der Waals surface area contributed by atoms with Crippen molar-refractivity contribution in [3.8, 4) is 11.5 Å². The lowest BCUT2D eigenvalue weighted by Gasteiger charge is -2.25. The van der Waals surface area contributed by atoms with Crippen LogP contribution in [-0.2, 0) is 16.4 Å². The highest BCUT2D eigenvalue weighted by molar-refractivity contribution is 7.91. The van der Waals surface area contributed by atoms with E-state index in [9.17, 15) is 8.42 Å². The molecule has 25 heavy (non-hydrogen) atoms. The van der Waals surface area contributed by atoms with E-state index < -0.39 is 9.84 Å². The fraction of sp³-hybridized carbons (Fsp3) is 0.389. The first-order valence-corrected chi connectivity index (χ1v) is 10.4. The number of nitrogens with zero attached hydrogens (tertiary/aromatic N) is 2. The highest BCUT2D eigenvalue weighted by atomic mass is 35.5. The lowest BCUT2D eigenvalue weighted by molar-refractivity contribution is 0.223. The van der Waals surface area contributed by atoms with Crippen LogP contribution in [0.15, 0.2) is 41.3 Å². The van der Waals surface area contributed by atoms with Crippen LogP contribution >= 0.6 is 11.6 Å². The summed E-state index contributed by atoms with van der Waals surface area (Å²) in [5, 5.41) is 0.624. The summed E-state index contributed by atoms with van der Waals surface area (Å²) in [5.41, 5.74) is 1.63. The number of benzene rings is 1. The first kappa shape index (κ1) is 18.2. The molecule has 1 fully saturated rings. The van der Waals surface area contributed by atoms with Gasteiger partial charge in [-0.1, -0.05) is 23.7 Å². The molecular formula is C18H21ClN2O3S. The largest absolute Gasteiger partial charge is 0.441 e. The van der Waals surface area contributed by atoms with Gasteiger partial charge in [-0.2, -0.15) is 0 Å². The molecule has 2 heterocycles. The van der Waals surface area contributed by atoms with Crippen LogP contribution in [0, 0.1) is 6.92 Å². The van der Waals surface area contributed by atoms with Crippen LogP contribution in [0.1, 0.15) is 17.9 Å². The smallest absolute Gasteiger partial charge is 0.226 e. The predicted molar refractivity (Wildman–Crippen MR) is 99.4 cm³/mol. The van der Waals surface area contributed by atoms with Gasteiger partial charge in [-0.05, 0) is 31.5 Å². The summed E-state index contributed by atoms with van der Waals surface area (Å²) in [4.78, 5) is 6.70. The Morgan fingerprint density at radius 1 is 1.48 bits per heavy atom. The number of aromatic nitrogens is 1. The molecule has 1 aromatic carbocycles. The second-order valence-corrected chi connectivity index (χ2v) is 8.97. The topological polar surface area (TPSA) is 63.4 Å². The summed E-state index contributed by atoms with van der Waals surface area (Å²) in [6, 6.07) is 7.35. The molecule has 1 saturated heterocycles. The molecule has 0 bridgehead atoms. The van der Waals surface area contributed by atoms with Crippen molar-refractivity contribution in [1.82, 2.24) is 9.88 Å². The Kier molecular flexibility index (Phi) is 5.32. The molecule has 1 aromatic heterocycles. The van der Waals surface area contributed by atoms with Crippen LogP contribution in [0.2, 0.25) is 5.02 Å². The molecule has 0 spiro atoms. The number of aryl methyl sites for hydroxylation is 1. The van der Waals surface area contributed by atoms with E-state index in [2.05, 4.69) is 16.5 Å². The van der Waals surface area contributed by atoms with Gasteiger partial charge >= 0.3 is 0 Å². The minimum absolute atomic E-state index is 0.00582. The van der Waals surface area contributed by atoms with Crippen molar-refractivity contribution in [2.45, 2.75) is 25.9 Å². The predicted octanol–water partition coefficient (Wildman–Crippen LogP) is 3.48. The van der Waals surface area contributed by atoms with Crippen molar-refractivity contribution in [3.05, 3.63) is 53.4 Å². The second-order valence-electron chi connectivity index (χ2n) is 6.31. The molecule has 0 aliphatic carbocycles. The Balaban J connectivity index is 1.82. The van der Waals surface area contributed by atoms with Gasteiger partial charge in [0.2, 0.25) is 5.89 Å². The highest BCUT2D eigenvalue weighted by Gasteiger charge is 2.32. The Labute approximate surface area is 153 Å². The number of oxazole rings is 1. The summed E-state index contributed by atoms with van der Waals surface area (Å²) < 4.78 is 29.4. The highest BCUT2D eigenvalue weighted by Crippen LogP contribution is 2.26. The molecule has 0 saturated carbocycles. The van der Waals surface area contributed by atoms with Gasteiger partial charge in [0.05, 0.1) is 17.2 Å². The molecule has 0 radical (unpaired) electrons. The van der Waals surface area contributed by atoms with Crippen molar-refractivity contribution in [1.29, 1.82) is 0 Å². The third-order valence-electron chi connectivity index (χ3n) is 4.41. The van der Waals surface area contributed by atoms with Gasteiger partial charge in [-0.25, -0.2) is 13.4 Å². The number of rotatable bonds is 6. The summed E-state index contributed by atoms with van der Waals surface area (Å²) in [5.74, 6) is 1.69. The van der Waals surface area contributed by atoms with E-state index in [0.717, 1.165) is 17.0 Å². The molecule has 1 aliphatic rings. The summed E-state index contributed by atoms with van der Waals surface area (Å²) in [6.45, 7) is 6.79. The van der Waals surface area contributed by atoms with Crippen molar-refractivity contribution < 1.29 is 12.8 Å². The summed E-state index contributed by atoms with van der Waals surface area (Å²) in [6.07, 6.45) is 2.44. The third-order valence-corrected chi connectivity index (χ3v) is 6.39. The molecule has 5 nitrogen and oxygen atoms in total. The summed E-state index contributed by atoms with van der Waals surface area (Å²) in [7, 11) is -2.94. The van der Waals surface area contributed by atoms with Gasteiger partial charge in [-0.15, -0.1) is 6.58 Å². The van der Waals surface area contributed by atoms with Gasteiger partial charge in [0.25, 0.3) is 0 Å². The van der Waals surface area contributed by atoms with Gasteiger partial charge in [0, 0.05) is 29.7 Å². The SMILES string of the molecule is C=CCN(Cc1nc(-c2cccc(Cl)c2)oc1C)[C@@H]1CCS(=O)(=O)C1. The first-order valence-electron chi connectivity index (χ1n) is 8.15. The van der Waals surface area contributed by atoms with E-state index in [-0.39, 0.29) is 17.5 Å². The lowest BCUT2D eigenvalue weighted by Crippen LogP contribution is -2.36. The average molecular weight is 381 g/mol. The van der Waals surface area contributed by atoms with Gasteiger partial charge in [0.1, 0.15) is 5.76 Å². The molecule has 0 N–H and O–H groups in total. The third kappa shape index (κ3) is 4.32. The molecule has 1 atom stereocenters. The van der Waals surface area contributed by atoms with E-state index in [1.54, 1.807) is 12.1 Å². The Hall–Kier alpha value is -1.63. The van der Waals surface area contributed by atoms with Crippen LogP contribution in [0.25, 0.3) is 11.5 Å². The fourth-order valence-corrected chi connectivity index (χ4v) is 5.04. The minimum atomic E-state index is -2.94. The standard InChI is InChI=1S/C18H21ClN2O3S/c1-3-8-21(16-7-9-25(22,23)12-16)11-17-13(2)24-18(20-17)14-5-4-6-15(19)10-14/h3-6,10,16H,1,7-9,11-12H2,2H3/t16-/m1/s1. The maximum absolute atomic E-state index is 11.8. The average Bonchev–Trinajstić information content (AvgIpc) is 3.10. The number of halogens is 1. The van der Waals surface area contributed by atoms with Crippen LogP contribution < -0.4 is 0 Å². The zero-order chi connectivity index (χ0) is 18.0. The fourth-order valence-electron chi connectivity index (χ4n) is 3.08. The molecule has 1 aliphatic heterocycles. The van der Waals surface area contributed by atoms with Gasteiger partial charge in [0.15, 0.2) is 9.84 Å². The first-order chi connectivity index (χ1) is 11.9. The molecule has 0 amide bonds.